The van der Waals surface area contributed by atoms with Crippen molar-refractivity contribution >= 4 is 11.7 Å². The van der Waals surface area contributed by atoms with Gasteiger partial charge in [-0.25, -0.2) is 0 Å². The van der Waals surface area contributed by atoms with Crippen molar-refractivity contribution < 1.29 is 14.1 Å². The Morgan fingerprint density at radius 2 is 2.16 bits per heavy atom. The van der Waals surface area contributed by atoms with E-state index in [0.29, 0.717) is 29.3 Å². The summed E-state index contributed by atoms with van der Waals surface area (Å²) in [6, 6.07) is 9.43. The molecule has 7 heteroatoms. The first-order valence-electron chi connectivity index (χ1n) is 7.98. The lowest BCUT2D eigenvalue weighted by Gasteiger charge is -2.04. The molecule has 0 unspecified atom stereocenters. The third kappa shape index (κ3) is 3.26. The smallest absolute Gasteiger partial charge is 0.262 e. The van der Waals surface area contributed by atoms with E-state index in [1.54, 1.807) is 25.8 Å². The van der Waals surface area contributed by atoms with Crippen LogP contribution in [-0.4, -0.2) is 28.0 Å². The Hall–Kier alpha value is -3.09. The zero-order valence-corrected chi connectivity index (χ0v) is 14.7. The van der Waals surface area contributed by atoms with Gasteiger partial charge < -0.3 is 14.6 Å². The molecule has 0 aliphatic heterocycles. The summed E-state index contributed by atoms with van der Waals surface area (Å²) in [6.07, 6.45) is 0.601. The molecule has 130 valence electrons. The van der Waals surface area contributed by atoms with Crippen LogP contribution in [0.4, 0.5) is 5.82 Å². The van der Waals surface area contributed by atoms with Crippen molar-refractivity contribution in [3.8, 4) is 17.0 Å². The van der Waals surface area contributed by atoms with Gasteiger partial charge in [-0.3, -0.25) is 9.48 Å². The Labute approximate surface area is 145 Å². The molecular formula is C18H20N4O3. The Morgan fingerprint density at radius 3 is 2.88 bits per heavy atom. The van der Waals surface area contributed by atoms with E-state index in [4.69, 9.17) is 9.26 Å². The lowest BCUT2D eigenvalue weighted by atomic mass is 10.1. The van der Waals surface area contributed by atoms with Crippen LogP contribution in [0.3, 0.4) is 0 Å². The fourth-order valence-electron chi connectivity index (χ4n) is 2.64. The average molecular weight is 340 g/mol. The highest BCUT2D eigenvalue weighted by atomic mass is 16.5. The van der Waals surface area contributed by atoms with Crippen LogP contribution in [0.1, 0.15) is 28.7 Å². The van der Waals surface area contributed by atoms with Crippen LogP contribution in [0.5, 0.6) is 5.75 Å². The fourth-order valence-corrected chi connectivity index (χ4v) is 2.64. The predicted octanol–water partition coefficient (Wildman–Crippen LogP) is 3.21. The van der Waals surface area contributed by atoms with Gasteiger partial charge in [0.2, 0.25) is 0 Å². The molecular weight excluding hydrogens is 320 g/mol. The molecule has 1 aromatic carbocycles. The Balaban J connectivity index is 1.88. The first-order valence-corrected chi connectivity index (χ1v) is 7.98. The summed E-state index contributed by atoms with van der Waals surface area (Å²) < 4.78 is 12.1. The van der Waals surface area contributed by atoms with E-state index in [9.17, 15) is 4.79 Å². The minimum atomic E-state index is -0.254. The van der Waals surface area contributed by atoms with E-state index in [0.717, 1.165) is 17.0 Å². The van der Waals surface area contributed by atoms with Gasteiger partial charge in [0, 0.05) is 25.1 Å². The second-order valence-corrected chi connectivity index (χ2v) is 5.64. The largest absolute Gasteiger partial charge is 0.497 e. The maximum Gasteiger partial charge on any atom is 0.262 e. The number of rotatable bonds is 5. The summed E-state index contributed by atoms with van der Waals surface area (Å²) in [5.74, 6) is 1.66. The Morgan fingerprint density at radius 1 is 1.36 bits per heavy atom. The van der Waals surface area contributed by atoms with Crippen molar-refractivity contribution in [2.24, 2.45) is 7.05 Å². The topological polar surface area (TPSA) is 82.2 Å². The number of amides is 1. The second kappa shape index (κ2) is 6.80. The molecule has 0 saturated heterocycles. The maximum absolute atomic E-state index is 12.6. The van der Waals surface area contributed by atoms with Crippen LogP contribution < -0.4 is 10.1 Å². The van der Waals surface area contributed by atoms with E-state index in [1.165, 1.54) is 0 Å². The molecule has 1 N–H and O–H groups in total. The number of carbonyl (C=O) groups excluding carboxylic acids is 1. The molecule has 2 aromatic heterocycles. The highest BCUT2D eigenvalue weighted by molar-refractivity contribution is 6.05. The number of carbonyl (C=O) groups is 1. The molecule has 1 amide bonds. The molecule has 2 heterocycles. The molecule has 3 aromatic rings. The Bertz CT molecular complexity index is 911. The molecule has 0 saturated carbocycles. The number of methoxy groups -OCH3 is 1. The Kier molecular flexibility index (Phi) is 4.56. The van der Waals surface area contributed by atoms with E-state index in [2.05, 4.69) is 15.6 Å². The summed E-state index contributed by atoms with van der Waals surface area (Å²) in [5, 5.41) is 11.2. The molecule has 0 radical (unpaired) electrons. The third-order valence-electron chi connectivity index (χ3n) is 3.97. The molecule has 7 nitrogen and oxygen atoms in total. The van der Waals surface area contributed by atoms with Gasteiger partial charge in [0.1, 0.15) is 22.9 Å². The molecule has 0 spiro atoms. The summed E-state index contributed by atoms with van der Waals surface area (Å²) in [4.78, 5) is 12.6. The van der Waals surface area contributed by atoms with Crippen molar-refractivity contribution in [2.75, 3.05) is 12.4 Å². The van der Waals surface area contributed by atoms with Gasteiger partial charge in [0.25, 0.3) is 5.91 Å². The minimum absolute atomic E-state index is 0.254. The predicted molar refractivity (Wildman–Crippen MR) is 93.8 cm³/mol. The monoisotopic (exact) mass is 340 g/mol. The number of nitrogens with zero attached hydrogens (tertiary/aromatic N) is 3. The molecule has 0 aliphatic carbocycles. The molecule has 0 fully saturated rings. The van der Waals surface area contributed by atoms with E-state index < -0.39 is 0 Å². The molecule has 0 atom stereocenters. The highest BCUT2D eigenvalue weighted by Crippen LogP contribution is 2.25. The number of ether oxygens (including phenoxy) is 1. The third-order valence-corrected chi connectivity index (χ3v) is 3.97. The zero-order valence-electron chi connectivity index (χ0n) is 14.7. The van der Waals surface area contributed by atoms with Crippen molar-refractivity contribution in [1.29, 1.82) is 0 Å². The number of anilines is 1. The quantitative estimate of drug-likeness (QED) is 0.771. The summed E-state index contributed by atoms with van der Waals surface area (Å²) in [5.41, 5.74) is 2.71. The first kappa shape index (κ1) is 16.8. The maximum atomic E-state index is 12.6. The lowest BCUT2D eigenvalue weighted by Crippen LogP contribution is -2.16. The zero-order chi connectivity index (χ0) is 18.0. The van der Waals surface area contributed by atoms with Gasteiger partial charge in [-0.1, -0.05) is 24.2 Å². The normalized spacial score (nSPS) is 10.7. The van der Waals surface area contributed by atoms with Crippen molar-refractivity contribution in [1.82, 2.24) is 14.9 Å². The van der Waals surface area contributed by atoms with Crippen LogP contribution in [0.25, 0.3) is 11.3 Å². The van der Waals surface area contributed by atoms with Gasteiger partial charge >= 0.3 is 0 Å². The van der Waals surface area contributed by atoms with Crippen LogP contribution in [0.15, 0.2) is 34.9 Å². The minimum Gasteiger partial charge on any atom is -0.497 e. The van der Waals surface area contributed by atoms with Crippen LogP contribution in [-0.2, 0) is 13.5 Å². The number of benzene rings is 1. The van der Waals surface area contributed by atoms with Crippen molar-refractivity contribution in [2.45, 2.75) is 20.3 Å². The van der Waals surface area contributed by atoms with Crippen molar-refractivity contribution in [3.05, 3.63) is 47.3 Å². The number of nitrogens with one attached hydrogen (secondary N) is 1. The van der Waals surface area contributed by atoms with Gasteiger partial charge in [-0.2, -0.15) is 5.10 Å². The van der Waals surface area contributed by atoms with Crippen LogP contribution in [0, 0.1) is 6.92 Å². The number of hydrogen-bond donors (Lipinski definition) is 1. The van der Waals surface area contributed by atoms with E-state index in [1.807, 2.05) is 37.3 Å². The highest BCUT2D eigenvalue weighted by Gasteiger charge is 2.20. The van der Waals surface area contributed by atoms with Gasteiger partial charge in [-0.15, -0.1) is 0 Å². The van der Waals surface area contributed by atoms with E-state index in [-0.39, 0.29) is 5.91 Å². The lowest BCUT2D eigenvalue weighted by molar-refractivity contribution is 0.102. The molecule has 0 aliphatic rings. The SMILES string of the molecule is CCc1onc(C)c1C(=O)Nc1cc(-c2cccc(OC)c2)nn1C. The summed E-state index contributed by atoms with van der Waals surface area (Å²) >= 11 is 0. The van der Waals surface area contributed by atoms with Crippen molar-refractivity contribution in [3.63, 3.8) is 0 Å². The van der Waals surface area contributed by atoms with Gasteiger partial charge in [-0.05, 0) is 19.1 Å². The van der Waals surface area contributed by atoms with Crippen LogP contribution >= 0.6 is 0 Å². The number of aryl methyl sites for hydroxylation is 3. The fraction of sp³-hybridized carbons (Fsp3) is 0.278. The standard InChI is InChI=1S/C18H20N4O3/c1-5-15-17(11(2)21-25-15)18(23)19-16-10-14(20-22(16)3)12-7-6-8-13(9-12)24-4/h6-10H,5H2,1-4H3,(H,19,23). The molecule has 0 bridgehead atoms. The number of aromatic nitrogens is 3. The van der Waals surface area contributed by atoms with Gasteiger partial charge in [0.05, 0.1) is 18.5 Å². The molecule has 25 heavy (non-hydrogen) atoms. The number of hydrogen-bond acceptors (Lipinski definition) is 5. The van der Waals surface area contributed by atoms with Crippen LogP contribution in [0.2, 0.25) is 0 Å². The summed E-state index contributed by atoms with van der Waals surface area (Å²) in [6.45, 7) is 3.67. The second-order valence-electron chi connectivity index (χ2n) is 5.64. The summed E-state index contributed by atoms with van der Waals surface area (Å²) in [7, 11) is 3.40. The van der Waals surface area contributed by atoms with Gasteiger partial charge in [0.15, 0.2) is 0 Å². The van der Waals surface area contributed by atoms with E-state index >= 15 is 0 Å². The first-order chi connectivity index (χ1) is 12.0. The average Bonchev–Trinajstić information content (AvgIpc) is 3.17. The molecule has 3 rings (SSSR count).